The highest BCUT2D eigenvalue weighted by molar-refractivity contribution is 6.31. The van der Waals surface area contributed by atoms with Crippen molar-refractivity contribution in [2.45, 2.75) is 26.3 Å². The normalized spacial score (nSPS) is 11.6. The number of likely N-dealkylation sites (N-methyl/N-ethyl adjacent to an activating group) is 1. The standard InChI is InChI=1S/C15H24ClN3O/c1-6-17-13-8-7-11(16)9-12(13)14(20)18-10-15(2,3)19(4)5/h7-9,17H,6,10H2,1-5H3,(H,18,20). The minimum absolute atomic E-state index is 0.105. The van der Waals surface area contributed by atoms with Crippen LogP contribution >= 0.6 is 11.6 Å². The molecule has 0 aliphatic rings. The van der Waals surface area contributed by atoms with Crippen LogP contribution in [0.3, 0.4) is 0 Å². The summed E-state index contributed by atoms with van der Waals surface area (Å²) in [5, 5.41) is 6.70. The van der Waals surface area contributed by atoms with Gasteiger partial charge in [-0.25, -0.2) is 0 Å². The molecule has 5 heteroatoms. The molecule has 0 unspecified atom stereocenters. The zero-order valence-electron chi connectivity index (χ0n) is 12.9. The Morgan fingerprint density at radius 1 is 1.35 bits per heavy atom. The molecule has 1 aromatic rings. The Labute approximate surface area is 126 Å². The van der Waals surface area contributed by atoms with E-state index in [-0.39, 0.29) is 11.4 Å². The molecule has 112 valence electrons. The average molecular weight is 298 g/mol. The summed E-state index contributed by atoms with van der Waals surface area (Å²) in [5.74, 6) is -0.113. The minimum atomic E-state index is -0.113. The molecule has 0 radical (unpaired) electrons. The lowest BCUT2D eigenvalue weighted by Gasteiger charge is -2.32. The SMILES string of the molecule is CCNc1ccc(Cl)cc1C(=O)NCC(C)(C)N(C)C. The van der Waals surface area contributed by atoms with E-state index in [1.54, 1.807) is 12.1 Å². The molecule has 1 aromatic carbocycles. The fraction of sp³-hybridized carbons (Fsp3) is 0.533. The van der Waals surface area contributed by atoms with Gasteiger partial charge in [-0.15, -0.1) is 0 Å². The van der Waals surface area contributed by atoms with Crippen molar-refractivity contribution in [1.29, 1.82) is 0 Å². The van der Waals surface area contributed by atoms with Crippen LogP contribution < -0.4 is 10.6 Å². The first kappa shape index (κ1) is 16.8. The van der Waals surface area contributed by atoms with Crippen molar-refractivity contribution in [2.24, 2.45) is 0 Å². The van der Waals surface area contributed by atoms with Gasteiger partial charge in [-0.1, -0.05) is 11.6 Å². The van der Waals surface area contributed by atoms with Gasteiger partial charge in [0.15, 0.2) is 0 Å². The van der Waals surface area contributed by atoms with Gasteiger partial charge in [-0.3, -0.25) is 4.79 Å². The number of nitrogens with zero attached hydrogens (tertiary/aromatic N) is 1. The molecule has 0 heterocycles. The highest BCUT2D eigenvalue weighted by atomic mass is 35.5. The Morgan fingerprint density at radius 2 is 2.00 bits per heavy atom. The third-order valence-electron chi connectivity index (χ3n) is 3.49. The van der Waals surface area contributed by atoms with E-state index in [4.69, 9.17) is 11.6 Å². The number of halogens is 1. The molecule has 1 rings (SSSR count). The Kier molecular flexibility index (Phi) is 5.84. The van der Waals surface area contributed by atoms with Crippen LogP contribution in [0.25, 0.3) is 0 Å². The maximum absolute atomic E-state index is 12.3. The second kappa shape index (κ2) is 6.95. The molecule has 1 amide bonds. The Bertz CT molecular complexity index is 472. The van der Waals surface area contributed by atoms with E-state index in [1.165, 1.54) is 0 Å². The molecule has 0 bridgehead atoms. The Morgan fingerprint density at radius 3 is 2.55 bits per heavy atom. The number of carbonyl (C=O) groups is 1. The summed E-state index contributed by atoms with van der Waals surface area (Å²) >= 11 is 5.99. The van der Waals surface area contributed by atoms with Crippen molar-refractivity contribution in [3.05, 3.63) is 28.8 Å². The van der Waals surface area contributed by atoms with E-state index >= 15 is 0 Å². The van der Waals surface area contributed by atoms with Gasteiger partial charge >= 0.3 is 0 Å². The maximum Gasteiger partial charge on any atom is 0.253 e. The van der Waals surface area contributed by atoms with Gasteiger partial charge in [-0.05, 0) is 53.1 Å². The van der Waals surface area contributed by atoms with Crippen LogP contribution in [0.4, 0.5) is 5.69 Å². The number of carbonyl (C=O) groups excluding carboxylic acids is 1. The smallest absolute Gasteiger partial charge is 0.253 e. The molecule has 4 nitrogen and oxygen atoms in total. The van der Waals surface area contributed by atoms with E-state index < -0.39 is 0 Å². The lowest BCUT2D eigenvalue weighted by molar-refractivity contribution is 0.0920. The predicted octanol–water partition coefficient (Wildman–Crippen LogP) is 2.84. The Hall–Kier alpha value is -1.26. The average Bonchev–Trinajstić information content (AvgIpc) is 2.38. The monoisotopic (exact) mass is 297 g/mol. The minimum Gasteiger partial charge on any atom is -0.385 e. The molecular weight excluding hydrogens is 274 g/mol. The van der Waals surface area contributed by atoms with Crippen LogP contribution in [0.5, 0.6) is 0 Å². The molecule has 2 N–H and O–H groups in total. The first-order valence-electron chi connectivity index (χ1n) is 6.77. The van der Waals surface area contributed by atoms with Gasteiger partial charge in [0.1, 0.15) is 0 Å². The van der Waals surface area contributed by atoms with Crippen molar-refractivity contribution >= 4 is 23.2 Å². The van der Waals surface area contributed by atoms with Gasteiger partial charge < -0.3 is 15.5 Å². The highest BCUT2D eigenvalue weighted by Gasteiger charge is 2.22. The first-order valence-corrected chi connectivity index (χ1v) is 7.14. The second-order valence-corrected chi connectivity index (χ2v) is 6.05. The summed E-state index contributed by atoms with van der Waals surface area (Å²) in [6, 6.07) is 5.30. The van der Waals surface area contributed by atoms with E-state index in [9.17, 15) is 4.79 Å². The van der Waals surface area contributed by atoms with E-state index in [0.29, 0.717) is 17.1 Å². The number of amides is 1. The van der Waals surface area contributed by atoms with Crippen LogP contribution in [0.1, 0.15) is 31.1 Å². The van der Waals surface area contributed by atoms with Gasteiger partial charge in [-0.2, -0.15) is 0 Å². The van der Waals surface area contributed by atoms with Crippen LogP contribution in [-0.4, -0.2) is 43.5 Å². The molecule has 0 aliphatic heterocycles. The number of hydrogen-bond donors (Lipinski definition) is 2. The third-order valence-corrected chi connectivity index (χ3v) is 3.72. The van der Waals surface area contributed by atoms with Crippen LogP contribution in [-0.2, 0) is 0 Å². The molecular formula is C15H24ClN3O. The van der Waals surface area contributed by atoms with E-state index in [0.717, 1.165) is 12.2 Å². The summed E-state index contributed by atoms with van der Waals surface area (Å²) in [7, 11) is 3.99. The summed E-state index contributed by atoms with van der Waals surface area (Å²) in [6.07, 6.45) is 0. The molecule has 0 aromatic heterocycles. The largest absolute Gasteiger partial charge is 0.385 e. The lowest BCUT2D eigenvalue weighted by Crippen LogP contribution is -2.48. The summed E-state index contributed by atoms with van der Waals surface area (Å²) in [6.45, 7) is 7.47. The molecule has 0 aliphatic carbocycles. The number of hydrogen-bond acceptors (Lipinski definition) is 3. The van der Waals surface area contributed by atoms with Crippen LogP contribution in [0.15, 0.2) is 18.2 Å². The van der Waals surface area contributed by atoms with Crippen LogP contribution in [0, 0.1) is 0 Å². The van der Waals surface area contributed by atoms with Crippen molar-refractivity contribution in [3.8, 4) is 0 Å². The second-order valence-electron chi connectivity index (χ2n) is 5.61. The van der Waals surface area contributed by atoms with Gasteiger partial charge in [0.05, 0.1) is 5.56 Å². The number of benzene rings is 1. The quantitative estimate of drug-likeness (QED) is 0.848. The van der Waals surface area contributed by atoms with Crippen LogP contribution in [0.2, 0.25) is 5.02 Å². The summed E-state index contributed by atoms with van der Waals surface area (Å²) in [4.78, 5) is 14.4. The molecule has 0 saturated carbocycles. The molecule has 20 heavy (non-hydrogen) atoms. The van der Waals surface area contributed by atoms with Gasteiger partial charge in [0.25, 0.3) is 5.91 Å². The van der Waals surface area contributed by atoms with E-state index in [1.807, 2.05) is 27.1 Å². The fourth-order valence-electron chi connectivity index (χ4n) is 1.60. The van der Waals surface area contributed by atoms with Crippen molar-refractivity contribution < 1.29 is 4.79 Å². The number of nitrogens with one attached hydrogen (secondary N) is 2. The van der Waals surface area contributed by atoms with Crippen molar-refractivity contribution in [2.75, 3.05) is 32.5 Å². The lowest BCUT2D eigenvalue weighted by atomic mass is 10.0. The van der Waals surface area contributed by atoms with Crippen molar-refractivity contribution in [1.82, 2.24) is 10.2 Å². The third kappa shape index (κ3) is 4.39. The van der Waals surface area contributed by atoms with Gasteiger partial charge in [0, 0.05) is 29.3 Å². The highest BCUT2D eigenvalue weighted by Crippen LogP contribution is 2.21. The number of rotatable bonds is 6. The fourth-order valence-corrected chi connectivity index (χ4v) is 1.77. The summed E-state index contributed by atoms with van der Waals surface area (Å²) < 4.78 is 0. The Balaban J connectivity index is 2.84. The molecule has 0 atom stereocenters. The van der Waals surface area contributed by atoms with Gasteiger partial charge in [0.2, 0.25) is 0 Å². The first-order chi connectivity index (χ1) is 9.27. The molecule has 0 spiro atoms. The maximum atomic E-state index is 12.3. The zero-order chi connectivity index (χ0) is 15.3. The molecule has 0 fully saturated rings. The predicted molar refractivity (Wildman–Crippen MR) is 85.7 cm³/mol. The summed E-state index contributed by atoms with van der Waals surface area (Å²) in [5.41, 5.74) is 1.28. The number of anilines is 1. The zero-order valence-corrected chi connectivity index (χ0v) is 13.6. The topological polar surface area (TPSA) is 44.4 Å². The van der Waals surface area contributed by atoms with E-state index in [2.05, 4.69) is 29.4 Å². The molecule has 0 saturated heterocycles. The van der Waals surface area contributed by atoms with Crippen molar-refractivity contribution in [3.63, 3.8) is 0 Å².